The lowest BCUT2D eigenvalue weighted by Crippen LogP contribution is -2.33. The minimum Gasteiger partial charge on any atom is -0.377 e. The molecule has 0 amide bonds. The van der Waals surface area contributed by atoms with Gasteiger partial charge in [-0.25, -0.2) is 5.84 Å². The highest BCUT2D eigenvalue weighted by Gasteiger charge is 2.16. The highest BCUT2D eigenvalue weighted by Crippen LogP contribution is 2.17. The zero-order valence-corrected chi connectivity index (χ0v) is 10.9. The van der Waals surface area contributed by atoms with Crippen LogP contribution in [-0.4, -0.2) is 41.4 Å². The molecule has 6 nitrogen and oxygen atoms in total. The molecule has 3 N–H and O–H groups in total. The van der Waals surface area contributed by atoms with E-state index in [1.165, 1.54) is 24.2 Å². The van der Waals surface area contributed by atoms with Crippen LogP contribution in [0.15, 0.2) is 0 Å². The average molecular weight is 257 g/mol. The minimum atomic E-state index is 0.369. The van der Waals surface area contributed by atoms with Crippen molar-refractivity contribution in [1.29, 1.82) is 0 Å². The summed E-state index contributed by atoms with van der Waals surface area (Å²) in [7, 11) is 2.08. The second kappa shape index (κ2) is 6.25. The number of nitrogens with zero attached hydrogens (tertiary/aromatic N) is 3. The maximum absolute atomic E-state index is 5.71. The third kappa shape index (κ3) is 3.88. The van der Waals surface area contributed by atoms with Crippen LogP contribution >= 0.6 is 11.3 Å². The Kier molecular flexibility index (Phi) is 4.66. The Morgan fingerprint density at radius 3 is 3.06 bits per heavy atom. The lowest BCUT2D eigenvalue weighted by atomic mass is 10.1. The molecule has 0 bridgehead atoms. The fraction of sp³-hybridized carbons (Fsp3) is 0.800. The van der Waals surface area contributed by atoms with Gasteiger partial charge in [0.1, 0.15) is 5.01 Å². The summed E-state index contributed by atoms with van der Waals surface area (Å²) in [4.78, 5) is 2.22. The molecule has 17 heavy (non-hydrogen) atoms. The second-order valence-electron chi connectivity index (χ2n) is 4.33. The molecular formula is C10H19N5OS. The maximum atomic E-state index is 5.71. The van der Waals surface area contributed by atoms with Crippen molar-refractivity contribution in [1.82, 2.24) is 15.1 Å². The van der Waals surface area contributed by atoms with Crippen molar-refractivity contribution in [2.45, 2.75) is 31.9 Å². The van der Waals surface area contributed by atoms with Crippen molar-refractivity contribution >= 4 is 16.5 Å². The summed E-state index contributed by atoms with van der Waals surface area (Å²) in [6.07, 6.45) is 4.00. The molecule has 2 rings (SSSR count). The molecular weight excluding hydrogens is 238 g/mol. The van der Waals surface area contributed by atoms with Gasteiger partial charge in [-0.1, -0.05) is 11.3 Å². The lowest BCUT2D eigenvalue weighted by Gasteiger charge is -2.26. The van der Waals surface area contributed by atoms with E-state index in [-0.39, 0.29) is 0 Å². The minimum absolute atomic E-state index is 0.369. The number of nitrogen functional groups attached to an aromatic ring is 1. The lowest BCUT2D eigenvalue weighted by molar-refractivity contribution is -0.00262. The highest BCUT2D eigenvalue weighted by atomic mass is 32.1. The van der Waals surface area contributed by atoms with E-state index in [1.54, 1.807) is 0 Å². The van der Waals surface area contributed by atoms with Crippen LogP contribution in [-0.2, 0) is 11.3 Å². The first-order valence-corrected chi connectivity index (χ1v) is 6.68. The Labute approximate surface area is 105 Å². The summed E-state index contributed by atoms with van der Waals surface area (Å²) in [5.41, 5.74) is 2.50. The predicted octanol–water partition coefficient (Wildman–Crippen LogP) is 0.825. The molecule has 1 aromatic heterocycles. The summed E-state index contributed by atoms with van der Waals surface area (Å²) >= 11 is 1.48. The van der Waals surface area contributed by atoms with E-state index in [2.05, 4.69) is 27.6 Å². The number of hydrogen-bond acceptors (Lipinski definition) is 7. The molecule has 0 radical (unpaired) electrons. The Morgan fingerprint density at radius 1 is 1.53 bits per heavy atom. The number of hydrogen-bond donors (Lipinski definition) is 2. The predicted molar refractivity (Wildman–Crippen MR) is 67.6 cm³/mol. The van der Waals surface area contributed by atoms with Crippen molar-refractivity contribution in [3.63, 3.8) is 0 Å². The van der Waals surface area contributed by atoms with Gasteiger partial charge < -0.3 is 4.74 Å². The summed E-state index contributed by atoms with van der Waals surface area (Å²) in [6, 6.07) is 0. The van der Waals surface area contributed by atoms with Crippen molar-refractivity contribution in [3.05, 3.63) is 5.01 Å². The molecule has 96 valence electrons. The first-order valence-electron chi connectivity index (χ1n) is 5.87. The number of nitrogens with one attached hydrogen (secondary N) is 1. The SMILES string of the molecule is CN(Cc1nnc(NN)s1)CC1CCCCO1. The second-order valence-corrected chi connectivity index (χ2v) is 5.39. The van der Waals surface area contributed by atoms with Gasteiger partial charge in [-0.05, 0) is 26.3 Å². The molecule has 1 aliphatic rings. The molecule has 0 aliphatic carbocycles. The van der Waals surface area contributed by atoms with E-state index in [0.717, 1.165) is 31.1 Å². The van der Waals surface area contributed by atoms with Crippen LogP contribution in [0.3, 0.4) is 0 Å². The van der Waals surface area contributed by atoms with E-state index in [0.29, 0.717) is 11.2 Å². The average Bonchev–Trinajstić information content (AvgIpc) is 2.78. The number of anilines is 1. The molecule has 0 spiro atoms. The van der Waals surface area contributed by atoms with Crippen LogP contribution in [0.25, 0.3) is 0 Å². The number of nitrogens with two attached hydrogens (primary N) is 1. The topological polar surface area (TPSA) is 76.3 Å². The van der Waals surface area contributed by atoms with Gasteiger partial charge in [0.05, 0.1) is 12.6 Å². The van der Waals surface area contributed by atoms with Crippen LogP contribution in [0, 0.1) is 0 Å². The summed E-state index contributed by atoms with van der Waals surface area (Å²) < 4.78 is 5.71. The zero-order valence-electron chi connectivity index (χ0n) is 10.1. The number of rotatable bonds is 5. The molecule has 7 heteroatoms. The smallest absolute Gasteiger partial charge is 0.219 e. The Morgan fingerprint density at radius 2 is 2.41 bits per heavy atom. The fourth-order valence-electron chi connectivity index (χ4n) is 1.97. The molecule has 2 heterocycles. The zero-order chi connectivity index (χ0) is 12.1. The molecule has 1 unspecified atom stereocenters. The third-order valence-corrected chi connectivity index (χ3v) is 3.62. The molecule has 0 saturated carbocycles. The number of likely N-dealkylation sites (N-methyl/N-ethyl adjacent to an activating group) is 1. The maximum Gasteiger partial charge on any atom is 0.219 e. The van der Waals surface area contributed by atoms with Crippen LogP contribution in [0.1, 0.15) is 24.3 Å². The van der Waals surface area contributed by atoms with Crippen LogP contribution in [0.4, 0.5) is 5.13 Å². The number of aromatic nitrogens is 2. The fourth-order valence-corrected chi connectivity index (χ4v) is 2.70. The summed E-state index contributed by atoms with van der Waals surface area (Å²) in [5, 5.41) is 9.60. The van der Waals surface area contributed by atoms with E-state index in [9.17, 15) is 0 Å². The van der Waals surface area contributed by atoms with Crippen molar-refractivity contribution in [2.24, 2.45) is 5.84 Å². The monoisotopic (exact) mass is 257 g/mol. The standard InChI is InChI=1S/C10H19N5OS/c1-15(6-8-4-2-3-5-16-8)7-9-13-14-10(12-11)17-9/h8H,2-7,11H2,1H3,(H,12,14). The third-order valence-electron chi connectivity index (χ3n) is 2.78. The van der Waals surface area contributed by atoms with Crippen LogP contribution in [0.5, 0.6) is 0 Å². The van der Waals surface area contributed by atoms with Crippen LogP contribution < -0.4 is 11.3 Å². The van der Waals surface area contributed by atoms with Gasteiger partial charge >= 0.3 is 0 Å². The Bertz CT molecular complexity index is 339. The molecule has 0 aromatic carbocycles. The van der Waals surface area contributed by atoms with Gasteiger partial charge in [-0.2, -0.15) is 0 Å². The highest BCUT2D eigenvalue weighted by molar-refractivity contribution is 7.15. The van der Waals surface area contributed by atoms with Gasteiger partial charge in [-0.15, -0.1) is 10.2 Å². The van der Waals surface area contributed by atoms with Gasteiger partial charge in [-0.3, -0.25) is 10.3 Å². The van der Waals surface area contributed by atoms with Crippen molar-refractivity contribution < 1.29 is 4.74 Å². The van der Waals surface area contributed by atoms with Gasteiger partial charge in [0.2, 0.25) is 5.13 Å². The summed E-state index contributed by atoms with van der Waals surface area (Å²) in [5.74, 6) is 5.27. The Balaban J connectivity index is 1.77. The van der Waals surface area contributed by atoms with E-state index in [1.807, 2.05) is 0 Å². The number of ether oxygens (including phenoxy) is 1. The Hall–Kier alpha value is -0.760. The quantitative estimate of drug-likeness (QED) is 0.601. The molecule has 1 aromatic rings. The van der Waals surface area contributed by atoms with Gasteiger partial charge in [0.25, 0.3) is 0 Å². The van der Waals surface area contributed by atoms with Gasteiger partial charge in [0.15, 0.2) is 0 Å². The van der Waals surface area contributed by atoms with Gasteiger partial charge in [0, 0.05) is 13.2 Å². The molecule has 1 fully saturated rings. The molecule has 1 saturated heterocycles. The molecule has 1 aliphatic heterocycles. The first kappa shape index (κ1) is 12.7. The first-order chi connectivity index (χ1) is 8.28. The summed E-state index contributed by atoms with van der Waals surface area (Å²) in [6.45, 7) is 2.64. The normalized spacial score (nSPS) is 20.8. The van der Waals surface area contributed by atoms with E-state index < -0.39 is 0 Å². The van der Waals surface area contributed by atoms with E-state index in [4.69, 9.17) is 10.6 Å². The van der Waals surface area contributed by atoms with Crippen molar-refractivity contribution in [3.8, 4) is 0 Å². The number of hydrazine groups is 1. The van der Waals surface area contributed by atoms with Crippen molar-refractivity contribution in [2.75, 3.05) is 25.6 Å². The van der Waals surface area contributed by atoms with E-state index >= 15 is 0 Å². The van der Waals surface area contributed by atoms with Crippen LogP contribution in [0.2, 0.25) is 0 Å². The largest absolute Gasteiger partial charge is 0.377 e. The molecule has 1 atom stereocenters.